The van der Waals surface area contributed by atoms with Crippen molar-refractivity contribution >= 4 is 28.1 Å². The molecule has 4 nitrogen and oxygen atoms in total. The van der Waals surface area contributed by atoms with Crippen molar-refractivity contribution in [2.24, 2.45) is 5.73 Å². The molecule has 2 N–H and O–H groups in total. The van der Waals surface area contributed by atoms with Crippen LogP contribution in [0.5, 0.6) is 0 Å². The van der Waals surface area contributed by atoms with E-state index in [0.717, 1.165) is 54.1 Å². The largest absolute Gasteiger partial charge is 0.378 e. The Hall–Kier alpha value is -2.21. The van der Waals surface area contributed by atoms with E-state index in [4.69, 9.17) is 22.1 Å². The van der Waals surface area contributed by atoms with Gasteiger partial charge in [0.05, 0.1) is 24.8 Å². The van der Waals surface area contributed by atoms with E-state index in [9.17, 15) is 0 Å². The second-order valence-electron chi connectivity index (χ2n) is 8.72. The summed E-state index contributed by atoms with van der Waals surface area (Å²) < 4.78 is 23.3. The summed E-state index contributed by atoms with van der Waals surface area (Å²) in [5.41, 5.74) is 10.7. The molecule has 32 heavy (non-hydrogen) atoms. The Bertz CT molecular complexity index is 1100. The van der Waals surface area contributed by atoms with E-state index in [1.54, 1.807) is 18.5 Å². The molecule has 1 aromatic carbocycles. The molecule has 1 aliphatic rings. The van der Waals surface area contributed by atoms with Crippen molar-refractivity contribution in [3.8, 4) is 0 Å². The Morgan fingerprint density at radius 3 is 2.88 bits per heavy atom. The van der Waals surface area contributed by atoms with Gasteiger partial charge in [0, 0.05) is 40.6 Å². The molecule has 3 aromatic rings. The van der Waals surface area contributed by atoms with Crippen molar-refractivity contribution in [3.05, 3.63) is 70.4 Å². The number of nitrogens with zero attached hydrogens (tertiary/aromatic N) is 2. The molecule has 2 atom stereocenters. The van der Waals surface area contributed by atoms with E-state index in [1.165, 1.54) is 5.57 Å². The van der Waals surface area contributed by atoms with Gasteiger partial charge in [-0.25, -0.2) is 4.39 Å². The lowest BCUT2D eigenvalue weighted by atomic mass is 9.95. The molecule has 0 aliphatic heterocycles. The first-order chi connectivity index (χ1) is 15.5. The highest BCUT2D eigenvalue weighted by molar-refractivity contribution is 6.31. The number of fused-ring (bicyclic) bond motifs is 1. The highest BCUT2D eigenvalue weighted by Crippen LogP contribution is 2.32. The average Bonchev–Trinajstić information content (AvgIpc) is 3.39. The number of halogens is 2. The number of hydrogen-bond acceptors (Lipinski definition) is 3. The molecule has 0 radical (unpaired) electrons. The van der Waals surface area contributed by atoms with Gasteiger partial charge in [-0.1, -0.05) is 24.1 Å². The van der Waals surface area contributed by atoms with Gasteiger partial charge in [0.25, 0.3) is 0 Å². The van der Waals surface area contributed by atoms with Crippen LogP contribution in [0, 0.1) is 5.82 Å². The lowest BCUT2D eigenvalue weighted by molar-refractivity contribution is 0.0617. The zero-order valence-corrected chi connectivity index (χ0v) is 19.5. The fraction of sp³-hybridized carbons (Fsp3) is 0.423. The van der Waals surface area contributed by atoms with E-state index < -0.39 is 0 Å². The quantitative estimate of drug-likeness (QED) is 0.430. The Morgan fingerprint density at radius 2 is 2.16 bits per heavy atom. The summed E-state index contributed by atoms with van der Waals surface area (Å²) in [4.78, 5) is 4.14. The fourth-order valence-electron chi connectivity index (χ4n) is 4.55. The van der Waals surface area contributed by atoms with Crippen LogP contribution in [0.3, 0.4) is 0 Å². The number of pyridine rings is 1. The summed E-state index contributed by atoms with van der Waals surface area (Å²) in [7, 11) is 0. The molecule has 0 bridgehead atoms. The zero-order chi connectivity index (χ0) is 22.7. The van der Waals surface area contributed by atoms with E-state index >= 15 is 4.39 Å². The first-order valence-electron chi connectivity index (χ1n) is 11.4. The SMILES string of the molecule is CC/C(C)=C(\CCOC1CCC(N)C1)c1cc(F)c(Cn2ccc3cnccc32)c(Cl)c1. The van der Waals surface area contributed by atoms with Crippen molar-refractivity contribution in [2.45, 2.75) is 64.6 Å². The van der Waals surface area contributed by atoms with Crippen LogP contribution in [-0.2, 0) is 11.3 Å². The van der Waals surface area contributed by atoms with Crippen LogP contribution >= 0.6 is 11.6 Å². The van der Waals surface area contributed by atoms with Gasteiger partial charge in [0.2, 0.25) is 0 Å². The molecule has 6 heteroatoms. The molecule has 0 saturated heterocycles. The van der Waals surface area contributed by atoms with Crippen LogP contribution in [0.4, 0.5) is 4.39 Å². The van der Waals surface area contributed by atoms with E-state index in [-0.39, 0.29) is 18.0 Å². The minimum absolute atomic E-state index is 0.238. The third-order valence-electron chi connectivity index (χ3n) is 6.57. The Balaban J connectivity index is 1.54. The molecule has 1 aliphatic carbocycles. The summed E-state index contributed by atoms with van der Waals surface area (Å²) in [5.74, 6) is -0.285. The minimum atomic E-state index is -0.285. The predicted molar refractivity (Wildman–Crippen MR) is 129 cm³/mol. The summed E-state index contributed by atoms with van der Waals surface area (Å²) in [6.45, 7) is 5.19. The third-order valence-corrected chi connectivity index (χ3v) is 6.90. The van der Waals surface area contributed by atoms with Crippen LogP contribution in [0.25, 0.3) is 16.5 Å². The number of nitrogens with two attached hydrogens (primary N) is 1. The maximum atomic E-state index is 15.3. The molecular formula is C26H31ClFN3O. The van der Waals surface area contributed by atoms with Crippen molar-refractivity contribution < 1.29 is 9.13 Å². The Morgan fingerprint density at radius 1 is 1.31 bits per heavy atom. The maximum absolute atomic E-state index is 15.3. The van der Waals surface area contributed by atoms with Crippen LogP contribution < -0.4 is 5.73 Å². The van der Waals surface area contributed by atoms with Gasteiger partial charge in [-0.15, -0.1) is 0 Å². The van der Waals surface area contributed by atoms with Gasteiger partial charge in [-0.2, -0.15) is 0 Å². The first kappa shape index (κ1) is 23.0. The second kappa shape index (κ2) is 10.2. The summed E-state index contributed by atoms with van der Waals surface area (Å²) >= 11 is 6.61. The highest BCUT2D eigenvalue weighted by atomic mass is 35.5. The molecule has 0 amide bonds. The Kier molecular flexibility index (Phi) is 7.29. The number of aromatic nitrogens is 2. The molecule has 1 saturated carbocycles. The topological polar surface area (TPSA) is 53.1 Å². The normalized spacial score (nSPS) is 19.5. The zero-order valence-electron chi connectivity index (χ0n) is 18.8. The lowest BCUT2D eigenvalue weighted by Gasteiger charge is -2.17. The van der Waals surface area contributed by atoms with Crippen molar-refractivity contribution in [3.63, 3.8) is 0 Å². The van der Waals surface area contributed by atoms with Crippen molar-refractivity contribution in [1.82, 2.24) is 9.55 Å². The Labute approximate surface area is 194 Å². The van der Waals surface area contributed by atoms with Gasteiger partial charge in [0.15, 0.2) is 0 Å². The fourth-order valence-corrected chi connectivity index (χ4v) is 4.81. The van der Waals surface area contributed by atoms with E-state index in [0.29, 0.717) is 23.7 Å². The van der Waals surface area contributed by atoms with Gasteiger partial charge >= 0.3 is 0 Å². The number of benzene rings is 1. The summed E-state index contributed by atoms with van der Waals surface area (Å²) in [5, 5.41) is 1.47. The summed E-state index contributed by atoms with van der Waals surface area (Å²) in [6.07, 6.45) is 10.3. The molecule has 2 unspecified atom stereocenters. The van der Waals surface area contributed by atoms with Crippen LogP contribution in [0.15, 0.2) is 48.4 Å². The predicted octanol–water partition coefficient (Wildman–Crippen LogP) is 6.35. The minimum Gasteiger partial charge on any atom is -0.378 e. The molecule has 1 fully saturated rings. The van der Waals surface area contributed by atoms with Crippen molar-refractivity contribution in [2.75, 3.05) is 6.61 Å². The van der Waals surface area contributed by atoms with Crippen LogP contribution in [0.2, 0.25) is 5.02 Å². The van der Waals surface area contributed by atoms with Crippen molar-refractivity contribution in [1.29, 1.82) is 0 Å². The average molecular weight is 456 g/mol. The van der Waals surface area contributed by atoms with E-state index in [1.807, 2.05) is 29.0 Å². The molecule has 4 rings (SSSR count). The monoisotopic (exact) mass is 455 g/mol. The first-order valence-corrected chi connectivity index (χ1v) is 11.8. The lowest BCUT2D eigenvalue weighted by Crippen LogP contribution is -2.18. The molecular weight excluding hydrogens is 425 g/mol. The second-order valence-corrected chi connectivity index (χ2v) is 9.13. The molecule has 2 heterocycles. The number of rotatable bonds is 8. The van der Waals surface area contributed by atoms with E-state index in [2.05, 4.69) is 18.8 Å². The third kappa shape index (κ3) is 5.06. The smallest absolute Gasteiger partial charge is 0.130 e. The maximum Gasteiger partial charge on any atom is 0.130 e. The number of hydrogen-bond donors (Lipinski definition) is 1. The van der Waals surface area contributed by atoms with Gasteiger partial charge < -0.3 is 15.0 Å². The van der Waals surface area contributed by atoms with Crippen LogP contribution in [-0.4, -0.2) is 28.3 Å². The highest BCUT2D eigenvalue weighted by Gasteiger charge is 2.22. The standard InChI is InChI=1S/C26H31ClFN3O/c1-3-17(2)22(8-11-32-21-5-4-20(29)14-21)19-12-24(27)23(25(28)13-19)16-31-10-7-18-15-30-9-6-26(18)31/h6-7,9-10,12-13,15,20-21H,3-5,8,11,14,16,29H2,1-2H3/b22-17+. The van der Waals surface area contributed by atoms with Gasteiger partial charge in [0.1, 0.15) is 5.82 Å². The van der Waals surface area contributed by atoms with Crippen LogP contribution in [0.1, 0.15) is 57.1 Å². The molecule has 0 spiro atoms. The van der Waals surface area contributed by atoms with Gasteiger partial charge in [-0.3, -0.25) is 4.98 Å². The van der Waals surface area contributed by atoms with Gasteiger partial charge in [-0.05, 0) is 74.4 Å². The number of ether oxygens (including phenoxy) is 1. The molecule has 2 aromatic heterocycles. The summed E-state index contributed by atoms with van der Waals surface area (Å²) in [6, 6.07) is 7.67. The number of allylic oxidation sites excluding steroid dienone is 1. The molecule has 170 valence electrons.